The normalized spacial score (nSPS) is 10.3. The van der Waals surface area contributed by atoms with E-state index in [0.29, 0.717) is 11.8 Å². The molecule has 0 saturated heterocycles. The zero-order valence-corrected chi connectivity index (χ0v) is 9.42. The topological polar surface area (TPSA) is 72.2 Å². The first-order valence-electron chi connectivity index (χ1n) is 5.07. The molecule has 0 amide bonds. The van der Waals surface area contributed by atoms with Crippen LogP contribution in [0.5, 0.6) is 0 Å². The van der Waals surface area contributed by atoms with E-state index in [2.05, 4.69) is 5.10 Å². The van der Waals surface area contributed by atoms with Gasteiger partial charge in [-0.1, -0.05) is 0 Å². The fourth-order valence-electron chi connectivity index (χ4n) is 1.59. The third-order valence-corrected chi connectivity index (χ3v) is 2.48. The van der Waals surface area contributed by atoms with Gasteiger partial charge in [0.25, 0.3) is 0 Å². The molecule has 1 heterocycles. The lowest BCUT2D eigenvalue weighted by Crippen LogP contribution is -2.06. The summed E-state index contributed by atoms with van der Waals surface area (Å²) in [5.41, 5.74) is 0.774. The maximum absolute atomic E-state index is 13.2. The molecule has 92 valence electrons. The molecule has 0 radical (unpaired) electrons. The highest BCUT2D eigenvalue weighted by atomic mass is 19.1. The van der Waals surface area contributed by atoms with Gasteiger partial charge in [0.1, 0.15) is 11.5 Å². The van der Waals surface area contributed by atoms with Gasteiger partial charge < -0.3 is 5.11 Å². The zero-order valence-electron chi connectivity index (χ0n) is 9.42. The van der Waals surface area contributed by atoms with E-state index >= 15 is 0 Å². The molecule has 2 rings (SSSR count). The summed E-state index contributed by atoms with van der Waals surface area (Å²) in [4.78, 5) is 21.7. The summed E-state index contributed by atoms with van der Waals surface area (Å²) in [5, 5.41) is 12.9. The molecule has 0 spiro atoms. The second kappa shape index (κ2) is 4.40. The number of benzene rings is 1. The number of nitrogens with zero attached hydrogens (tertiary/aromatic N) is 2. The summed E-state index contributed by atoms with van der Waals surface area (Å²) in [6.45, 7) is 1.66. The Kier molecular flexibility index (Phi) is 2.93. The van der Waals surface area contributed by atoms with Gasteiger partial charge in [0.15, 0.2) is 6.29 Å². The van der Waals surface area contributed by atoms with E-state index in [1.54, 1.807) is 6.92 Å². The number of rotatable bonds is 3. The number of aryl methyl sites for hydroxylation is 1. The van der Waals surface area contributed by atoms with Crippen LogP contribution in [0.3, 0.4) is 0 Å². The summed E-state index contributed by atoms with van der Waals surface area (Å²) in [7, 11) is 0. The molecule has 18 heavy (non-hydrogen) atoms. The van der Waals surface area contributed by atoms with Crippen molar-refractivity contribution in [2.45, 2.75) is 6.92 Å². The first-order chi connectivity index (χ1) is 8.52. The Bertz CT molecular complexity index is 634. The van der Waals surface area contributed by atoms with Crippen LogP contribution >= 0.6 is 0 Å². The number of carbonyl (C=O) groups excluding carboxylic acids is 1. The van der Waals surface area contributed by atoms with Crippen LogP contribution in [0.25, 0.3) is 5.69 Å². The molecule has 0 atom stereocenters. The predicted molar refractivity (Wildman–Crippen MR) is 60.6 cm³/mol. The van der Waals surface area contributed by atoms with Crippen molar-refractivity contribution in [3.8, 4) is 5.69 Å². The Morgan fingerprint density at radius 1 is 1.50 bits per heavy atom. The van der Waals surface area contributed by atoms with E-state index in [4.69, 9.17) is 5.11 Å². The molecule has 0 bridgehead atoms. The lowest BCUT2D eigenvalue weighted by atomic mass is 10.2. The van der Waals surface area contributed by atoms with Gasteiger partial charge in [0.05, 0.1) is 11.3 Å². The maximum atomic E-state index is 13.2. The lowest BCUT2D eigenvalue weighted by Gasteiger charge is -2.05. The van der Waals surface area contributed by atoms with Crippen LogP contribution in [0, 0.1) is 12.7 Å². The molecule has 1 aromatic heterocycles. The number of hydrogen-bond donors (Lipinski definition) is 1. The number of carbonyl (C=O) groups is 2. The molecule has 0 aliphatic carbocycles. The summed E-state index contributed by atoms with van der Waals surface area (Å²) in [6.07, 6.45) is 2.04. The van der Waals surface area contributed by atoms with Crippen LogP contribution in [0.4, 0.5) is 4.39 Å². The van der Waals surface area contributed by atoms with Gasteiger partial charge in [0, 0.05) is 12.3 Å². The summed E-state index contributed by atoms with van der Waals surface area (Å²) in [6, 6.07) is 3.28. The van der Waals surface area contributed by atoms with Gasteiger partial charge in [0.2, 0.25) is 0 Å². The second-order valence-electron chi connectivity index (χ2n) is 3.73. The predicted octanol–water partition coefficient (Wildman–Crippen LogP) is 1.83. The molecule has 0 saturated carbocycles. The third-order valence-electron chi connectivity index (χ3n) is 2.48. The largest absolute Gasteiger partial charge is 0.478 e. The van der Waals surface area contributed by atoms with Gasteiger partial charge >= 0.3 is 5.97 Å². The quantitative estimate of drug-likeness (QED) is 0.841. The fraction of sp³-hybridized carbons (Fsp3) is 0.0833. The molecule has 2 aromatic rings. The maximum Gasteiger partial charge on any atom is 0.337 e. The van der Waals surface area contributed by atoms with Gasteiger partial charge in [-0.2, -0.15) is 5.10 Å². The fourth-order valence-corrected chi connectivity index (χ4v) is 1.59. The van der Waals surface area contributed by atoms with Gasteiger partial charge in [-0.3, -0.25) is 4.79 Å². The highest BCUT2D eigenvalue weighted by molar-refractivity contribution is 5.92. The Hall–Kier alpha value is -2.50. The summed E-state index contributed by atoms with van der Waals surface area (Å²) in [5.74, 6) is -1.76. The summed E-state index contributed by atoms with van der Waals surface area (Å²) >= 11 is 0. The minimum absolute atomic E-state index is 0.0821. The van der Waals surface area contributed by atoms with Crippen LogP contribution in [-0.4, -0.2) is 27.1 Å². The van der Waals surface area contributed by atoms with Gasteiger partial charge in [-0.25, -0.2) is 13.9 Å². The first-order valence-corrected chi connectivity index (χ1v) is 5.07. The number of halogens is 1. The molecular formula is C12H9FN2O3. The van der Waals surface area contributed by atoms with Crippen LogP contribution < -0.4 is 0 Å². The highest BCUT2D eigenvalue weighted by Gasteiger charge is 2.14. The van der Waals surface area contributed by atoms with E-state index in [1.807, 2.05) is 0 Å². The molecule has 0 aliphatic heterocycles. The Balaban J connectivity index is 2.64. The number of aldehydes is 1. The average molecular weight is 248 g/mol. The molecule has 6 heteroatoms. The Labute approximate surface area is 101 Å². The molecule has 1 aromatic carbocycles. The van der Waals surface area contributed by atoms with Gasteiger partial charge in [-0.05, 0) is 24.6 Å². The summed E-state index contributed by atoms with van der Waals surface area (Å²) < 4.78 is 14.4. The Morgan fingerprint density at radius 2 is 2.22 bits per heavy atom. The number of carboxylic acids is 1. The number of aromatic carboxylic acids is 1. The molecule has 5 nitrogen and oxygen atoms in total. The van der Waals surface area contributed by atoms with Crippen LogP contribution in [0.15, 0.2) is 24.4 Å². The van der Waals surface area contributed by atoms with E-state index in [9.17, 15) is 14.0 Å². The third kappa shape index (κ3) is 2.00. The Morgan fingerprint density at radius 3 is 2.78 bits per heavy atom. The minimum atomic E-state index is -1.19. The standard InChI is InChI=1S/C12H9FN2O3/c1-7-5-15(14-10(7)6-16)11-4-8(13)2-3-9(11)12(17)18/h2-6H,1H3,(H,17,18). The van der Waals surface area contributed by atoms with E-state index in [0.717, 1.165) is 18.2 Å². The highest BCUT2D eigenvalue weighted by Crippen LogP contribution is 2.17. The van der Waals surface area contributed by atoms with Crippen molar-refractivity contribution in [1.82, 2.24) is 9.78 Å². The van der Waals surface area contributed by atoms with Crippen molar-refractivity contribution in [2.24, 2.45) is 0 Å². The lowest BCUT2D eigenvalue weighted by molar-refractivity contribution is 0.0696. The van der Waals surface area contributed by atoms with E-state index in [1.165, 1.54) is 10.9 Å². The van der Waals surface area contributed by atoms with E-state index in [-0.39, 0.29) is 16.9 Å². The zero-order chi connectivity index (χ0) is 13.3. The molecule has 0 aliphatic rings. The average Bonchev–Trinajstić information content (AvgIpc) is 2.70. The van der Waals surface area contributed by atoms with Gasteiger partial charge in [-0.15, -0.1) is 0 Å². The monoisotopic (exact) mass is 248 g/mol. The van der Waals surface area contributed by atoms with Crippen molar-refractivity contribution in [1.29, 1.82) is 0 Å². The first kappa shape index (κ1) is 12.0. The van der Waals surface area contributed by atoms with Crippen LogP contribution in [0.2, 0.25) is 0 Å². The smallest absolute Gasteiger partial charge is 0.337 e. The molecule has 0 fully saturated rings. The van der Waals surface area contributed by atoms with Crippen molar-refractivity contribution >= 4 is 12.3 Å². The van der Waals surface area contributed by atoms with Crippen molar-refractivity contribution in [3.63, 3.8) is 0 Å². The van der Waals surface area contributed by atoms with Crippen molar-refractivity contribution < 1.29 is 19.1 Å². The minimum Gasteiger partial charge on any atom is -0.478 e. The molecular weight excluding hydrogens is 239 g/mol. The molecule has 1 N–H and O–H groups in total. The second-order valence-corrected chi connectivity index (χ2v) is 3.73. The van der Waals surface area contributed by atoms with Crippen LogP contribution in [-0.2, 0) is 0 Å². The van der Waals surface area contributed by atoms with Crippen LogP contribution in [0.1, 0.15) is 26.4 Å². The SMILES string of the molecule is Cc1cn(-c2cc(F)ccc2C(=O)O)nc1C=O. The number of aromatic nitrogens is 2. The number of hydrogen-bond acceptors (Lipinski definition) is 3. The van der Waals surface area contributed by atoms with Crippen molar-refractivity contribution in [2.75, 3.05) is 0 Å². The molecule has 0 unspecified atom stereocenters. The number of carboxylic acid groups (broad SMARTS) is 1. The van der Waals surface area contributed by atoms with E-state index < -0.39 is 11.8 Å². The van der Waals surface area contributed by atoms with Crippen molar-refractivity contribution in [3.05, 3.63) is 47.0 Å².